The van der Waals surface area contributed by atoms with Crippen LogP contribution in [0.15, 0.2) is 22.6 Å². The number of amides is 1. The van der Waals surface area contributed by atoms with Crippen molar-refractivity contribution >= 4 is 43.7 Å². The van der Waals surface area contributed by atoms with Crippen LogP contribution in [-0.4, -0.2) is 48.4 Å². The Morgan fingerprint density at radius 2 is 2.00 bits per heavy atom. The number of carbonyl (C=O) groups excluding carboxylic acids is 2. The Hall–Kier alpha value is -0.703. The van der Waals surface area contributed by atoms with E-state index >= 15 is 0 Å². The summed E-state index contributed by atoms with van der Waals surface area (Å²) in [5.41, 5.74) is 0.396. The van der Waals surface area contributed by atoms with Crippen LogP contribution in [0.5, 0.6) is 0 Å². The van der Waals surface area contributed by atoms with Gasteiger partial charge in [-0.2, -0.15) is 0 Å². The SMILES string of the molecule is C=CCOC(=O)C1=C(SC(C)CC)S[C@@H]2[C@@H]([C@@H](C)O[Si](C)(C)C(C)(C)C)C(=O)N12. The second-order valence-corrected chi connectivity index (χ2v) is 16.8. The van der Waals surface area contributed by atoms with Gasteiger partial charge in [0.05, 0.1) is 16.3 Å². The molecule has 0 N–H and O–H groups in total. The zero-order valence-corrected chi connectivity index (χ0v) is 21.5. The molecule has 0 saturated carbocycles. The highest BCUT2D eigenvalue weighted by atomic mass is 32.2. The van der Waals surface area contributed by atoms with Gasteiger partial charge in [-0.3, -0.25) is 9.69 Å². The molecule has 1 fully saturated rings. The largest absolute Gasteiger partial charge is 0.457 e. The van der Waals surface area contributed by atoms with Gasteiger partial charge in [-0.1, -0.05) is 59.0 Å². The number of ether oxygens (including phenoxy) is 1. The summed E-state index contributed by atoms with van der Waals surface area (Å²) in [7, 11) is -1.99. The molecule has 0 aliphatic carbocycles. The summed E-state index contributed by atoms with van der Waals surface area (Å²) >= 11 is 3.25. The third-order valence-corrected chi connectivity index (χ3v) is 13.4. The Balaban J connectivity index is 2.22. The predicted octanol–water partition coefficient (Wildman–Crippen LogP) is 5.36. The van der Waals surface area contributed by atoms with Gasteiger partial charge in [-0.05, 0) is 31.5 Å². The molecule has 0 bridgehead atoms. The smallest absolute Gasteiger partial charge is 0.357 e. The normalized spacial score (nSPS) is 24.1. The molecule has 29 heavy (non-hydrogen) atoms. The first-order valence-electron chi connectivity index (χ1n) is 10.2. The minimum absolute atomic E-state index is 0.0426. The minimum Gasteiger partial charge on any atom is -0.457 e. The molecule has 5 nitrogen and oxygen atoms in total. The van der Waals surface area contributed by atoms with Gasteiger partial charge in [0.1, 0.15) is 12.0 Å². The van der Waals surface area contributed by atoms with Crippen LogP contribution in [0.25, 0.3) is 0 Å². The van der Waals surface area contributed by atoms with Crippen LogP contribution < -0.4 is 0 Å². The van der Waals surface area contributed by atoms with E-state index in [0.717, 1.165) is 10.7 Å². The van der Waals surface area contributed by atoms with Gasteiger partial charge >= 0.3 is 5.97 Å². The monoisotopic (exact) mass is 457 g/mol. The number of thioether (sulfide) groups is 2. The maximum absolute atomic E-state index is 13.1. The molecule has 164 valence electrons. The van der Waals surface area contributed by atoms with Crippen molar-refractivity contribution in [3.8, 4) is 0 Å². The number of carbonyl (C=O) groups is 2. The molecule has 8 heteroatoms. The average molecular weight is 458 g/mol. The molecule has 0 spiro atoms. The number of rotatable bonds is 9. The summed E-state index contributed by atoms with van der Waals surface area (Å²) < 4.78 is 12.7. The first-order chi connectivity index (χ1) is 13.4. The van der Waals surface area contributed by atoms with E-state index in [-0.39, 0.29) is 34.9 Å². The zero-order chi connectivity index (χ0) is 22.1. The first-order valence-corrected chi connectivity index (χ1v) is 14.9. The van der Waals surface area contributed by atoms with Gasteiger partial charge in [0, 0.05) is 5.25 Å². The van der Waals surface area contributed by atoms with Gasteiger partial charge in [-0.25, -0.2) is 4.79 Å². The van der Waals surface area contributed by atoms with Crippen molar-refractivity contribution < 1.29 is 18.8 Å². The van der Waals surface area contributed by atoms with Crippen LogP contribution in [0.2, 0.25) is 18.1 Å². The number of hydrogen-bond donors (Lipinski definition) is 0. The Bertz CT molecular complexity index is 701. The molecule has 0 aromatic carbocycles. The molecule has 1 amide bonds. The highest BCUT2D eigenvalue weighted by Gasteiger charge is 2.59. The lowest BCUT2D eigenvalue weighted by Crippen LogP contribution is -2.62. The fraction of sp³-hybridized carbons (Fsp3) is 0.714. The maximum Gasteiger partial charge on any atom is 0.357 e. The summed E-state index contributed by atoms with van der Waals surface area (Å²) in [5, 5.41) is 0.333. The highest BCUT2D eigenvalue weighted by molar-refractivity contribution is 8.23. The number of nitrogens with zero attached hydrogens (tertiary/aromatic N) is 1. The molecule has 0 aromatic heterocycles. The van der Waals surface area contributed by atoms with Crippen molar-refractivity contribution in [3.63, 3.8) is 0 Å². The Morgan fingerprint density at radius 1 is 1.38 bits per heavy atom. The Morgan fingerprint density at radius 3 is 2.52 bits per heavy atom. The number of fused-ring (bicyclic) bond motifs is 1. The minimum atomic E-state index is -1.99. The highest BCUT2D eigenvalue weighted by Crippen LogP contribution is 2.55. The fourth-order valence-corrected chi connectivity index (χ4v) is 7.57. The van der Waals surface area contributed by atoms with E-state index < -0.39 is 14.3 Å². The molecule has 0 radical (unpaired) electrons. The molecule has 0 aromatic rings. The van der Waals surface area contributed by atoms with Crippen LogP contribution in [0.3, 0.4) is 0 Å². The summed E-state index contributed by atoms with van der Waals surface area (Å²) in [6, 6.07) is 0. The molecular weight excluding hydrogens is 422 g/mol. The first kappa shape index (κ1) is 24.6. The van der Waals surface area contributed by atoms with Gasteiger partial charge in [0.2, 0.25) is 5.91 Å². The average Bonchev–Trinajstić information content (AvgIpc) is 2.92. The summed E-state index contributed by atoms with van der Waals surface area (Å²) in [5.74, 6) is -0.735. The second-order valence-electron chi connectivity index (χ2n) is 9.19. The third-order valence-electron chi connectivity index (χ3n) is 5.95. The van der Waals surface area contributed by atoms with E-state index in [1.807, 2.05) is 6.92 Å². The van der Waals surface area contributed by atoms with Crippen LogP contribution in [0.1, 0.15) is 48.0 Å². The van der Waals surface area contributed by atoms with E-state index in [2.05, 4.69) is 54.3 Å². The fourth-order valence-electron chi connectivity index (χ4n) is 3.00. The van der Waals surface area contributed by atoms with Crippen molar-refractivity contribution in [1.29, 1.82) is 0 Å². The lowest BCUT2D eigenvalue weighted by atomic mass is 9.92. The van der Waals surface area contributed by atoms with E-state index in [1.165, 1.54) is 6.08 Å². The topological polar surface area (TPSA) is 55.8 Å². The molecule has 2 rings (SSSR count). The van der Waals surface area contributed by atoms with Crippen molar-refractivity contribution in [3.05, 3.63) is 22.6 Å². The Kier molecular flexibility index (Phi) is 7.79. The van der Waals surface area contributed by atoms with E-state index in [9.17, 15) is 9.59 Å². The standard InChI is InChI=1S/C21H35NO4S2Si/c1-10-12-25-19(24)16-20(27-13(3)11-2)28-18-15(17(23)22(16)18)14(4)26-29(8,9)21(5,6)7/h10,13-15,18H,1,11-12H2,2-9H3/t13?,14-,15+,18-/m1/s1. The second kappa shape index (κ2) is 9.20. The molecule has 1 saturated heterocycles. The number of β-lactam (4-membered cyclic amide) rings is 1. The lowest BCUT2D eigenvalue weighted by Gasteiger charge is -2.48. The molecule has 2 aliphatic heterocycles. The van der Waals surface area contributed by atoms with Gasteiger partial charge < -0.3 is 9.16 Å². The lowest BCUT2D eigenvalue weighted by molar-refractivity contribution is -0.157. The number of hydrogen-bond acceptors (Lipinski definition) is 6. The van der Waals surface area contributed by atoms with Gasteiger partial charge in [-0.15, -0.1) is 11.8 Å². The zero-order valence-electron chi connectivity index (χ0n) is 18.9. The van der Waals surface area contributed by atoms with Crippen LogP contribution in [0, 0.1) is 5.92 Å². The van der Waals surface area contributed by atoms with E-state index in [1.54, 1.807) is 28.4 Å². The summed E-state index contributed by atoms with van der Waals surface area (Å²) in [4.78, 5) is 27.4. The van der Waals surface area contributed by atoms with E-state index in [4.69, 9.17) is 9.16 Å². The Labute approximate surface area is 185 Å². The molecule has 2 aliphatic rings. The summed E-state index contributed by atoms with van der Waals surface area (Å²) in [6.45, 7) is 21.0. The molecule has 2 heterocycles. The van der Waals surface area contributed by atoms with Crippen molar-refractivity contribution in [1.82, 2.24) is 4.90 Å². The van der Waals surface area contributed by atoms with Gasteiger partial charge in [0.15, 0.2) is 14.0 Å². The van der Waals surface area contributed by atoms with Crippen molar-refractivity contribution in [2.24, 2.45) is 5.92 Å². The van der Waals surface area contributed by atoms with Crippen molar-refractivity contribution in [2.45, 2.75) is 82.8 Å². The molecular formula is C21H35NO4S2Si. The van der Waals surface area contributed by atoms with Crippen LogP contribution in [0.4, 0.5) is 0 Å². The predicted molar refractivity (Wildman–Crippen MR) is 125 cm³/mol. The van der Waals surface area contributed by atoms with Crippen molar-refractivity contribution in [2.75, 3.05) is 6.61 Å². The van der Waals surface area contributed by atoms with Crippen LogP contribution >= 0.6 is 23.5 Å². The summed E-state index contributed by atoms with van der Waals surface area (Å²) in [6.07, 6.45) is 2.34. The van der Waals surface area contributed by atoms with Crippen LogP contribution in [-0.2, 0) is 18.8 Å². The third kappa shape index (κ3) is 4.97. The van der Waals surface area contributed by atoms with E-state index in [0.29, 0.717) is 10.9 Å². The number of esters is 1. The quantitative estimate of drug-likeness (QED) is 0.201. The molecule has 1 unspecified atom stereocenters. The van der Waals surface area contributed by atoms with Gasteiger partial charge in [0.25, 0.3) is 0 Å². The maximum atomic E-state index is 13.1. The molecule has 4 atom stereocenters.